The Balaban J connectivity index is 1.66. The fourth-order valence-corrected chi connectivity index (χ4v) is 3.73. The van der Waals surface area contributed by atoms with Gasteiger partial charge < -0.3 is 9.88 Å². The van der Waals surface area contributed by atoms with Crippen LogP contribution in [0.2, 0.25) is 0 Å². The molecule has 0 unspecified atom stereocenters. The van der Waals surface area contributed by atoms with Gasteiger partial charge in [-0.1, -0.05) is 23.9 Å². The van der Waals surface area contributed by atoms with Crippen LogP contribution in [0.15, 0.2) is 40.9 Å². The fourth-order valence-electron chi connectivity index (χ4n) is 2.28. The van der Waals surface area contributed by atoms with Crippen LogP contribution < -0.4 is 5.32 Å². The standard InChI is InChI=1S/C16H15N5O3S2/c1-10-5-6-11(12(8-10)21(23)24)17-14(22)9-26-16-19-18-15(20(16)2)13-4-3-7-25-13/h3-8H,9H2,1-2H3,(H,17,22). The summed E-state index contributed by atoms with van der Waals surface area (Å²) < 4.78 is 1.82. The highest BCUT2D eigenvalue weighted by atomic mass is 32.2. The first-order chi connectivity index (χ1) is 12.5. The lowest BCUT2D eigenvalue weighted by Gasteiger charge is -2.06. The minimum absolute atomic E-state index is 0.0709. The maximum absolute atomic E-state index is 12.2. The Hall–Kier alpha value is -2.72. The first-order valence-electron chi connectivity index (χ1n) is 7.56. The highest BCUT2D eigenvalue weighted by Crippen LogP contribution is 2.27. The van der Waals surface area contributed by atoms with Crippen LogP contribution in [0.25, 0.3) is 10.7 Å². The van der Waals surface area contributed by atoms with E-state index in [0.717, 1.165) is 16.3 Å². The lowest BCUT2D eigenvalue weighted by molar-refractivity contribution is -0.384. The van der Waals surface area contributed by atoms with Gasteiger partial charge in [-0.3, -0.25) is 14.9 Å². The number of carbonyl (C=O) groups excluding carboxylic acids is 1. The van der Waals surface area contributed by atoms with E-state index in [0.29, 0.717) is 5.16 Å². The molecule has 3 aromatic rings. The molecule has 0 aliphatic heterocycles. The SMILES string of the molecule is Cc1ccc(NC(=O)CSc2nnc(-c3cccs3)n2C)c([N+](=O)[O-])c1. The second-order valence-corrected chi connectivity index (χ2v) is 7.35. The quantitative estimate of drug-likeness (QED) is 0.393. The van der Waals surface area contributed by atoms with E-state index in [1.807, 2.05) is 29.1 Å². The normalized spacial score (nSPS) is 10.7. The topological polar surface area (TPSA) is 103 Å². The number of nitro benzene ring substituents is 1. The number of benzene rings is 1. The van der Waals surface area contributed by atoms with Gasteiger partial charge in [-0.05, 0) is 30.0 Å². The first kappa shape index (κ1) is 18.1. The Morgan fingerprint density at radius 3 is 2.88 bits per heavy atom. The molecule has 8 nitrogen and oxygen atoms in total. The summed E-state index contributed by atoms with van der Waals surface area (Å²) in [6, 6.07) is 8.56. The summed E-state index contributed by atoms with van der Waals surface area (Å²) >= 11 is 2.78. The zero-order chi connectivity index (χ0) is 18.7. The third kappa shape index (κ3) is 3.92. The second-order valence-electron chi connectivity index (χ2n) is 5.46. The molecule has 2 heterocycles. The zero-order valence-corrected chi connectivity index (χ0v) is 15.6. The number of nitrogens with one attached hydrogen (secondary N) is 1. The largest absolute Gasteiger partial charge is 0.320 e. The van der Waals surface area contributed by atoms with Gasteiger partial charge in [-0.15, -0.1) is 21.5 Å². The predicted octanol–water partition coefficient (Wildman–Crippen LogP) is 3.49. The number of nitro groups is 1. The number of thiophene rings is 1. The molecule has 0 atom stereocenters. The minimum atomic E-state index is -0.508. The van der Waals surface area contributed by atoms with Crippen LogP contribution in [-0.4, -0.2) is 31.3 Å². The monoisotopic (exact) mass is 389 g/mol. The average molecular weight is 389 g/mol. The van der Waals surface area contributed by atoms with E-state index in [-0.39, 0.29) is 23.0 Å². The van der Waals surface area contributed by atoms with Gasteiger partial charge in [0.1, 0.15) is 5.69 Å². The van der Waals surface area contributed by atoms with Crippen molar-refractivity contribution in [2.24, 2.45) is 7.05 Å². The number of rotatable bonds is 6. The van der Waals surface area contributed by atoms with Gasteiger partial charge >= 0.3 is 0 Å². The molecule has 0 fully saturated rings. The maximum atomic E-state index is 12.2. The molecule has 1 amide bonds. The van der Waals surface area contributed by atoms with E-state index in [1.54, 1.807) is 24.3 Å². The Morgan fingerprint density at radius 2 is 2.19 bits per heavy atom. The lowest BCUT2D eigenvalue weighted by Crippen LogP contribution is -2.15. The van der Waals surface area contributed by atoms with E-state index >= 15 is 0 Å². The number of hydrogen-bond donors (Lipinski definition) is 1. The molecule has 0 radical (unpaired) electrons. The van der Waals surface area contributed by atoms with Gasteiger partial charge in [0.15, 0.2) is 11.0 Å². The van der Waals surface area contributed by atoms with Crippen molar-refractivity contribution >= 4 is 40.4 Å². The molecule has 0 saturated heterocycles. The molecule has 0 aliphatic carbocycles. The Morgan fingerprint density at radius 1 is 1.38 bits per heavy atom. The summed E-state index contributed by atoms with van der Waals surface area (Å²) in [5.74, 6) is 0.459. The Kier molecular flexibility index (Phi) is 5.33. The third-order valence-corrected chi connectivity index (χ3v) is 5.42. The van der Waals surface area contributed by atoms with Crippen LogP contribution in [0, 0.1) is 17.0 Å². The molecule has 26 heavy (non-hydrogen) atoms. The van der Waals surface area contributed by atoms with Crippen molar-refractivity contribution in [2.45, 2.75) is 12.1 Å². The van der Waals surface area contributed by atoms with E-state index in [9.17, 15) is 14.9 Å². The van der Waals surface area contributed by atoms with Crippen molar-refractivity contribution in [3.63, 3.8) is 0 Å². The molecule has 0 bridgehead atoms. The van der Waals surface area contributed by atoms with Crippen LogP contribution in [0.5, 0.6) is 0 Å². The van der Waals surface area contributed by atoms with Gasteiger partial charge in [0.05, 0.1) is 15.6 Å². The molecule has 0 saturated carbocycles. The maximum Gasteiger partial charge on any atom is 0.293 e. The smallest absolute Gasteiger partial charge is 0.293 e. The van der Waals surface area contributed by atoms with Crippen LogP contribution in [0.1, 0.15) is 5.56 Å². The number of aryl methyl sites for hydroxylation is 1. The predicted molar refractivity (Wildman–Crippen MR) is 102 cm³/mol. The molecule has 1 N–H and O–H groups in total. The number of thioether (sulfide) groups is 1. The number of carbonyl (C=O) groups is 1. The number of hydrogen-bond acceptors (Lipinski definition) is 7. The third-order valence-electron chi connectivity index (χ3n) is 3.53. The fraction of sp³-hybridized carbons (Fsp3) is 0.188. The summed E-state index contributed by atoms with van der Waals surface area (Å²) in [4.78, 5) is 23.8. The van der Waals surface area contributed by atoms with Gasteiger partial charge in [0, 0.05) is 13.1 Å². The summed E-state index contributed by atoms with van der Waals surface area (Å²) in [5.41, 5.74) is 0.815. The van der Waals surface area contributed by atoms with E-state index in [1.165, 1.54) is 23.9 Å². The highest BCUT2D eigenvalue weighted by Gasteiger charge is 2.17. The van der Waals surface area contributed by atoms with Gasteiger partial charge in [0.25, 0.3) is 5.69 Å². The molecule has 134 valence electrons. The molecule has 10 heteroatoms. The van der Waals surface area contributed by atoms with Crippen LogP contribution >= 0.6 is 23.1 Å². The van der Waals surface area contributed by atoms with Crippen molar-refractivity contribution in [1.29, 1.82) is 0 Å². The molecule has 2 aromatic heterocycles. The van der Waals surface area contributed by atoms with Crippen LogP contribution in [0.4, 0.5) is 11.4 Å². The van der Waals surface area contributed by atoms with Crippen LogP contribution in [0.3, 0.4) is 0 Å². The molecular weight excluding hydrogens is 374 g/mol. The van der Waals surface area contributed by atoms with Crippen molar-refractivity contribution in [3.05, 3.63) is 51.4 Å². The Labute approximate surface area is 157 Å². The van der Waals surface area contributed by atoms with Gasteiger partial charge in [0.2, 0.25) is 5.91 Å². The average Bonchev–Trinajstić information content (AvgIpc) is 3.24. The van der Waals surface area contributed by atoms with Gasteiger partial charge in [-0.2, -0.15) is 0 Å². The van der Waals surface area contributed by atoms with E-state index < -0.39 is 4.92 Å². The van der Waals surface area contributed by atoms with Crippen molar-refractivity contribution in [2.75, 3.05) is 11.1 Å². The number of anilines is 1. The number of amides is 1. The molecule has 0 aliphatic rings. The second kappa shape index (κ2) is 7.67. The van der Waals surface area contributed by atoms with Crippen molar-refractivity contribution in [1.82, 2.24) is 14.8 Å². The minimum Gasteiger partial charge on any atom is -0.320 e. The number of nitrogens with zero attached hydrogens (tertiary/aromatic N) is 4. The van der Waals surface area contributed by atoms with Crippen molar-refractivity contribution in [3.8, 4) is 10.7 Å². The molecular formula is C16H15N5O3S2. The molecule has 1 aromatic carbocycles. The van der Waals surface area contributed by atoms with Crippen molar-refractivity contribution < 1.29 is 9.72 Å². The van der Waals surface area contributed by atoms with Gasteiger partial charge in [-0.25, -0.2) is 0 Å². The summed E-state index contributed by atoms with van der Waals surface area (Å²) in [6.45, 7) is 1.76. The molecule has 3 rings (SSSR count). The summed E-state index contributed by atoms with van der Waals surface area (Å²) in [5, 5.41) is 24.5. The lowest BCUT2D eigenvalue weighted by atomic mass is 10.2. The zero-order valence-electron chi connectivity index (χ0n) is 14.0. The molecule has 0 spiro atoms. The van der Waals surface area contributed by atoms with E-state index in [4.69, 9.17) is 0 Å². The van der Waals surface area contributed by atoms with Crippen LogP contribution in [-0.2, 0) is 11.8 Å². The highest BCUT2D eigenvalue weighted by molar-refractivity contribution is 7.99. The summed E-state index contributed by atoms with van der Waals surface area (Å²) in [6.07, 6.45) is 0. The van der Waals surface area contributed by atoms with E-state index in [2.05, 4.69) is 15.5 Å². The Bertz CT molecular complexity index is 953. The first-order valence-corrected chi connectivity index (χ1v) is 9.43. The summed E-state index contributed by atoms with van der Waals surface area (Å²) in [7, 11) is 1.83. The number of aromatic nitrogens is 3.